The van der Waals surface area contributed by atoms with Crippen molar-refractivity contribution < 1.29 is 31.4 Å². The number of benzene rings is 1. The molecule has 0 atom stereocenters. The number of halogens is 5. The molecule has 1 aromatic rings. The van der Waals surface area contributed by atoms with E-state index < -0.39 is 41.3 Å². The Labute approximate surface area is 169 Å². The summed E-state index contributed by atoms with van der Waals surface area (Å²) in [6.07, 6.45) is 10.6. The second-order valence-corrected chi connectivity index (χ2v) is 7.07. The molecule has 0 aliphatic rings. The van der Waals surface area contributed by atoms with E-state index in [0.29, 0.717) is 6.61 Å². The van der Waals surface area contributed by atoms with Gasteiger partial charge in [0.05, 0.1) is 25.4 Å². The summed E-state index contributed by atoms with van der Waals surface area (Å²) in [5, 5.41) is 0. The minimum absolute atomic E-state index is 0.00573. The van der Waals surface area contributed by atoms with Gasteiger partial charge >= 0.3 is 0 Å². The van der Waals surface area contributed by atoms with Gasteiger partial charge in [-0.05, 0) is 18.6 Å². The van der Waals surface area contributed by atoms with Crippen LogP contribution in [-0.2, 0) is 16.1 Å². The molecule has 0 saturated carbocycles. The summed E-state index contributed by atoms with van der Waals surface area (Å²) in [5.74, 6) is -8.87. The molecule has 0 aliphatic heterocycles. The van der Waals surface area contributed by atoms with E-state index in [1.54, 1.807) is 0 Å². The van der Waals surface area contributed by atoms with Crippen molar-refractivity contribution in [1.82, 2.24) is 0 Å². The lowest BCUT2D eigenvalue weighted by Crippen LogP contribution is -2.11. The highest BCUT2D eigenvalue weighted by atomic mass is 32.1. The Morgan fingerprint density at radius 3 is 1.46 bits per heavy atom. The first kappa shape index (κ1) is 25.2. The first-order valence-corrected chi connectivity index (χ1v) is 10.4. The first-order chi connectivity index (χ1) is 13.5. The van der Waals surface area contributed by atoms with Gasteiger partial charge in [0.25, 0.3) is 0 Å². The molecule has 0 aliphatic carbocycles. The lowest BCUT2D eigenvalue weighted by Gasteiger charge is -2.09. The summed E-state index contributed by atoms with van der Waals surface area (Å²) < 4.78 is 76.2. The lowest BCUT2D eigenvalue weighted by molar-refractivity contribution is 0.0368. The average Bonchev–Trinajstić information content (AvgIpc) is 2.70. The maximum absolute atomic E-state index is 13.4. The van der Waals surface area contributed by atoms with Crippen LogP contribution < -0.4 is 0 Å². The Kier molecular flexibility index (Phi) is 13.5. The number of thiol groups is 1. The van der Waals surface area contributed by atoms with Gasteiger partial charge in [-0.25, -0.2) is 22.0 Å². The van der Waals surface area contributed by atoms with Crippen molar-refractivity contribution in [3.05, 3.63) is 34.6 Å². The molecule has 0 saturated heterocycles. The molecule has 0 aromatic heterocycles. The van der Waals surface area contributed by atoms with Crippen molar-refractivity contribution in [3.8, 4) is 0 Å². The van der Waals surface area contributed by atoms with Gasteiger partial charge in [0, 0.05) is 6.61 Å². The summed E-state index contributed by atoms with van der Waals surface area (Å²) in [5.41, 5.74) is -0.970. The second kappa shape index (κ2) is 15.0. The van der Waals surface area contributed by atoms with Gasteiger partial charge in [0.1, 0.15) is 0 Å². The normalized spacial score (nSPS) is 11.4. The third kappa shape index (κ3) is 9.09. The molecule has 0 bridgehead atoms. The third-order valence-electron chi connectivity index (χ3n) is 4.37. The molecule has 162 valence electrons. The van der Waals surface area contributed by atoms with E-state index >= 15 is 0 Å². The van der Waals surface area contributed by atoms with Crippen LogP contribution in [0.5, 0.6) is 0 Å². The predicted molar refractivity (Wildman–Crippen MR) is 102 cm³/mol. The Hall–Kier alpha value is -0.860. The zero-order valence-electron chi connectivity index (χ0n) is 16.1. The van der Waals surface area contributed by atoms with Crippen molar-refractivity contribution in [2.75, 3.05) is 25.6 Å². The van der Waals surface area contributed by atoms with Crippen molar-refractivity contribution in [3.63, 3.8) is 0 Å². The number of unbranched alkanes of at least 4 members (excludes halogenated alkanes) is 8. The van der Waals surface area contributed by atoms with Crippen LogP contribution in [0.2, 0.25) is 0 Å². The highest BCUT2D eigenvalue weighted by molar-refractivity contribution is 7.80. The summed E-state index contributed by atoms with van der Waals surface area (Å²) in [6, 6.07) is 0. The van der Waals surface area contributed by atoms with E-state index in [2.05, 4.69) is 12.6 Å². The number of rotatable bonds is 16. The molecule has 2 nitrogen and oxygen atoms in total. The third-order valence-corrected chi connectivity index (χ3v) is 4.68. The van der Waals surface area contributed by atoms with Crippen molar-refractivity contribution >= 4 is 12.6 Å². The van der Waals surface area contributed by atoms with Crippen LogP contribution >= 0.6 is 12.6 Å². The number of ether oxygens (including phenoxy) is 2. The zero-order valence-corrected chi connectivity index (χ0v) is 16.9. The molecule has 0 unspecified atom stereocenters. The monoisotopic (exact) mass is 428 g/mol. The molecule has 0 radical (unpaired) electrons. The van der Waals surface area contributed by atoms with E-state index in [1.165, 1.54) is 38.5 Å². The number of hydrogen-bond donors (Lipinski definition) is 1. The molecular formula is C20H29F5O2S. The van der Waals surface area contributed by atoms with E-state index in [9.17, 15) is 22.0 Å². The summed E-state index contributed by atoms with van der Waals surface area (Å²) in [4.78, 5) is 0. The summed E-state index contributed by atoms with van der Waals surface area (Å²) >= 11 is 4.18. The van der Waals surface area contributed by atoms with Crippen LogP contribution in [0.3, 0.4) is 0 Å². The van der Waals surface area contributed by atoms with Crippen molar-refractivity contribution in [2.24, 2.45) is 0 Å². The van der Waals surface area contributed by atoms with E-state index in [-0.39, 0.29) is 13.2 Å². The van der Waals surface area contributed by atoms with Gasteiger partial charge in [0.15, 0.2) is 23.3 Å². The fraction of sp³-hybridized carbons (Fsp3) is 0.700. The van der Waals surface area contributed by atoms with Gasteiger partial charge in [-0.3, -0.25) is 0 Å². The van der Waals surface area contributed by atoms with Crippen LogP contribution in [0.15, 0.2) is 0 Å². The van der Waals surface area contributed by atoms with E-state index in [1.807, 2.05) is 0 Å². The summed E-state index contributed by atoms with van der Waals surface area (Å²) in [7, 11) is 0. The molecule has 0 amide bonds. The SMILES string of the molecule is Fc1c(F)c(F)c(COCCOCCCCCCCCCCCS)c(F)c1F. The van der Waals surface area contributed by atoms with Gasteiger partial charge in [-0.15, -0.1) is 0 Å². The zero-order chi connectivity index (χ0) is 20.8. The Bertz CT molecular complexity index is 543. The molecular weight excluding hydrogens is 399 g/mol. The highest BCUT2D eigenvalue weighted by Crippen LogP contribution is 2.23. The Balaban J connectivity index is 2.02. The molecule has 0 heterocycles. The minimum atomic E-state index is -2.17. The standard InChI is InChI=1S/C20H29F5O2S/c21-16-15(17(22)19(24)20(25)18(16)23)14-27-12-11-26-10-8-6-4-2-1-3-5-7-9-13-28/h28H,1-14H2. The van der Waals surface area contributed by atoms with Gasteiger partial charge in [-0.1, -0.05) is 44.9 Å². The molecule has 1 rings (SSSR count). The van der Waals surface area contributed by atoms with Crippen molar-refractivity contribution in [1.29, 1.82) is 0 Å². The van der Waals surface area contributed by atoms with Crippen LogP contribution in [-0.4, -0.2) is 25.6 Å². The molecule has 0 fully saturated rings. The van der Waals surface area contributed by atoms with E-state index in [0.717, 1.165) is 25.0 Å². The number of hydrogen-bond acceptors (Lipinski definition) is 3. The Morgan fingerprint density at radius 1 is 0.500 bits per heavy atom. The largest absolute Gasteiger partial charge is 0.379 e. The molecule has 0 spiro atoms. The van der Waals surface area contributed by atoms with Gasteiger partial charge < -0.3 is 9.47 Å². The smallest absolute Gasteiger partial charge is 0.200 e. The van der Waals surface area contributed by atoms with Gasteiger partial charge in [0.2, 0.25) is 5.82 Å². The minimum Gasteiger partial charge on any atom is -0.379 e. The average molecular weight is 429 g/mol. The lowest BCUT2D eigenvalue weighted by atomic mass is 10.1. The molecule has 28 heavy (non-hydrogen) atoms. The van der Waals surface area contributed by atoms with E-state index in [4.69, 9.17) is 9.47 Å². The topological polar surface area (TPSA) is 18.5 Å². The van der Waals surface area contributed by atoms with Crippen molar-refractivity contribution in [2.45, 2.75) is 64.4 Å². The quantitative estimate of drug-likeness (QED) is 0.109. The van der Waals surface area contributed by atoms with Crippen LogP contribution in [0.4, 0.5) is 22.0 Å². The van der Waals surface area contributed by atoms with Gasteiger partial charge in [-0.2, -0.15) is 12.6 Å². The van der Waals surface area contributed by atoms with Crippen LogP contribution in [0, 0.1) is 29.1 Å². The predicted octanol–water partition coefficient (Wildman–Crippen LogP) is 6.36. The molecule has 8 heteroatoms. The fourth-order valence-electron chi connectivity index (χ4n) is 2.72. The summed E-state index contributed by atoms with van der Waals surface area (Å²) in [6.45, 7) is 0.0449. The first-order valence-electron chi connectivity index (χ1n) is 9.77. The maximum Gasteiger partial charge on any atom is 0.200 e. The highest BCUT2D eigenvalue weighted by Gasteiger charge is 2.25. The maximum atomic E-state index is 13.4. The van der Waals surface area contributed by atoms with Crippen LogP contribution in [0.25, 0.3) is 0 Å². The molecule has 0 N–H and O–H groups in total. The molecule has 1 aromatic carbocycles. The van der Waals surface area contributed by atoms with Crippen LogP contribution in [0.1, 0.15) is 63.4 Å². The Morgan fingerprint density at radius 2 is 0.929 bits per heavy atom. The fourth-order valence-corrected chi connectivity index (χ4v) is 2.95. The second-order valence-electron chi connectivity index (χ2n) is 6.62.